The lowest BCUT2D eigenvalue weighted by atomic mass is 9.77. The van der Waals surface area contributed by atoms with Crippen LogP contribution in [0.4, 0.5) is 0 Å². The standard InChI is InChI=1S/C14H15NO3/c16-12(10-4-2-1-3-5-10)15-14-8-6-11(7-9-14)18-13(14)17/h1-5,11H,6-9H2,(H,15,16). The lowest BCUT2D eigenvalue weighted by Gasteiger charge is -2.44. The number of esters is 1. The van der Waals surface area contributed by atoms with Crippen LogP contribution in [0.1, 0.15) is 36.0 Å². The summed E-state index contributed by atoms with van der Waals surface area (Å²) in [5.74, 6) is -0.470. The second-order valence-corrected chi connectivity index (χ2v) is 5.01. The molecule has 18 heavy (non-hydrogen) atoms. The normalized spacial score (nSPS) is 29.8. The zero-order valence-electron chi connectivity index (χ0n) is 10.0. The Morgan fingerprint density at radius 2 is 1.89 bits per heavy atom. The van der Waals surface area contributed by atoms with Gasteiger partial charge in [-0.05, 0) is 37.8 Å². The molecule has 0 radical (unpaired) electrons. The third kappa shape index (κ3) is 1.78. The lowest BCUT2D eigenvalue weighted by Crippen LogP contribution is -2.62. The molecule has 0 atom stereocenters. The number of ether oxygens (including phenoxy) is 1. The van der Waals surface area contributed by atoms with Crippen LogP contribution < -0.4 is 5.32 Å². The first-order chi connectivity index (χ1) is 8.70. The molecule has 2 bridgehead atoms. The maximum atomic E-state index is 12.1. The smallest absolute Gasteiger partial charge is 0.332 e. The molecule has 1 aromatic carbocycles. The van der Waals surface area contributed by atoms with E-state index in [0.29, 0.717) is 18.4 Å². The van der Waals surface area contributed by atoms with Crippen molar-refractivity contribution in [2.45, 2.75) is 37.3 Å². The zero-order valence-corrected chi connectivity index (χ0v) is 10.0. The monoisotopic (exact) mass is 245 g/mol. The summed E-state index contributed by atoms with van der Waals surface area (Å²) in [5.41, 5.74) is -0.214. The minimum Gasteiger partial charge on any atom is -0.461 e. The van der Waals surface area contributed by atoms with Crippen molar-refractivity contribution in [1.82, 2.24) is 5.32 Å². The molecule has 1 amide bonds. The summed E-state index contributed by atoms with van der Waals surface area (Å²) in [6.45, 7) is 0. The van der Waals surface area contributed by atoms with E-state index in [9.17, 15) is 9.59 Å². The van der Waals surface area contributed by atoms with E-state index in [1.54, 1.807) is 12.1 Å². The number of fused-ring (bicyclic) bond motifs is 3. The molecule has 0 aromatic heterocycles. The average molecular weight is 245 g/mol. The molecule has 3 aliphatic rings. The fourth-order valence-electron chi connectivity index (χ4n) is 2.73. The Hall–Kier alpha value is -1.84. The van der Waals surface area contributed by atoms with Gasteiger partial charge in [-0.15, -0.1) is 0 Å². The van der Waals surface area contributed by atoms with Gasteiger partial charge in [-0.25, -0.2) is 4.79 Å². The summed E-state index contributed by atoms with van der Waals surface area (Å²) >= 11 is 0. The quantitative estimate of drug-likeness (QED) is 0.806. The summed E-state index contributed by atoms with van der Waals surface area (Å²) in [6, 6.07) is 8.96. The fraction of sp³-hybridized carbons (Fsp3) is 0.429. The van der Waals surface area contributed by atoms with Crippen LogP contribution in [0.3, 0.4) is 0 Å². The zero-order chi connectivity index (χ0) is 12.6. The number of benzene rings is 1. The summed E-state index contributed by atoms with van der Waals surface area (Å²) in [4.78, 5) is 24.0. The Balaban J connectivity index is 1.79. The number of carbonyl (C=O) groups excluding carboxylic acids is 2. The van der Waals surface area contributed by atoms with Gasteiger partial charge in [-0.1, -0.05) is 18.2 Å². The van der Waals surface area contributed by atoms with E-state index < -0.39 is 5.54 Å². The number of nitrogens with one attached hydrogen (secondary N) is 1. The summed E-state index contributed by atoms with van der Waals surface area (Å²) in [6.07, 6.45) is 3.14. The van der Waals surface area contributed by atoms with E-state index in [1.165, 1.54) is 0 Å². The van der Waals surface area contributed by atoms with E-state index in [4.69, 9.17) is 4.74 Å². The van der Waals surface area contributed by atoms with Crippen LogP contribution in [-0.4, -0.2) is 23.5 Å². The summed E-state index contributed by atoms with van der Waals surface area (Å²) < 4.78 is 5.27. The molecule has 4 nitrogen and oxygen atoms in total. The van der Waals surface area contributed by atoms with Gasteiger partial charge in [0.2, 0.25) is 0 Å². The van der Waals surface area contributed by atoms with Crippen LogP contribution in [0, 0.1) is 0 Å². The molecular weight excluding hydrogens is 230 g/mol. The van der Waals surface area contributed by atoms with Crippen molar-refractivity contribution in [2.75, 3.05) is 0 Å². The highest BCUT2D eigenvalue weighted by Gasteiger charge is 2.50. The third-order valence-corrected chi connectivity index (χ3v) is 3.84. The van der Waals surface area contributed by atoms with E-state index in [0.717, 1.165) is 12.8 Å². The maximum absolute atomic E-state index is 12.1. The van der Waals surface area contributed by atoms with Gasteiger partial charge in [0.25, 0.3) is 5.91 Å². The second-order valence-electron chi connectivity index (χ2n) is 5.01. The molecule has 1 aromatic rings. The molecule has 1 saturated carbocycles. The molecule has 0 unspecified atom stereocenters. The first-order valence-electron chi connectivity index (χ1n) is 6.28. The largest absolute Gasteiger partial charge is 0.461 e. The van der Waals surface area contributed by atoms with Crippen LogP contribution >= 0.6 is 0 Å². The molecule has 2 aliphatic heterocycles. The molecule has 1 N–H and O–H groups in total. The van der Waals surface area contributed by atoms with Gasteiger partial charge in [0.1, 0.15) is 11.6 Å². The molecule has 0 spiro atoms. The minimum absolute atomic E-state index is 0.0630. The molecule has 1 aliphatic carbocycles. The molecule has 94 valence electrons. The van der Waals surface area contributed by atoms with Crippen molar-refractivity contribution < 1.29 is 14.3 Å². The van der Waals surface area contributed by atoms with Crippen molar-refractivity contribution in [3.63, 3.8) is 0 Å². The van der Waals surface area contributed by atoms with Crippen LogP contribution in [0.2, 0.25) is 0 Å². The predicted octanol–water partition coefficient (Wildman–Crippen LogP) is 1.65. The summed E-state index contributed by atoms with van der Waals surface area (Å²) in [7, 11) is 0. The van der Waals surface area contributed by atoms with Gasteiger partial charge in [0.05, 0.1) is 0 Å². The lowest BCUT2D eigenvalue weighted by molar-refractivity contribution is -0.173. The number of carbonyl (C=O) groups is 2. The van der Waals surface area contributed by atoms with Crippen LogP contribution in [0.5, 0.6) is 0 Å². The summed E-state index contributed by atoms with van der Waals surface area (Å²) in [5, 5.41) is 2.87. The second kappa shape index (κ2) is 4.12. The van der Waals surface area contributed by atoms with Crippen LogP contribution in [0.25, 0.3) is 0 Å². The van der Waals surface area contributed by atoms with Gasteiger partial charge in [-0.2, -0.15) is 0 Å². The van der Waals surface area contributed by atoms with E-state index in [1.807, 2.05) is 18.2 Å². The molecule has 2 saturated heterocycles. The maximum Gasteiger partial charge on any atom is 0.332 e. The van der Waals surface area contributed by atoms with E-state index in [-0.39, 0.29) is 18.0 Å². The first kappa shape index (κ1) is 11.3. The highest BCUT2D eigenvalue weighted by Crippen LogP contribution is 2.37. The SMILES string of the molecule is O=C(NC12CCC(CC1)OC2=O)c1ccccc1. The van der Waals surface area contributed by atoms with E-state index in [2.05, 4.69) is 5.32 Å². The Morgan fingerprint density at radius 1 is 1.22 bits per heavy atom. The van der Waals surface area contributed by atoms with Crippen LogP contribution in [-0.2, 0) is 9.53 Å². The van der Waals surface area contributed by atoms with Crippen molar-refractivity contribution in [1.29, 1.82) is 0 Å². The molecular formula is C14H15NO3. The predicted molar refractivity (Wildman–Crippen MR) is 65.0 cm³/mol. The Bertz CT molecular complexity index is 475. The third-order valence-electron chi connectivity index (χ3n) is 3.84. The van der Waals surface area contributed by atoms with Crippen molar-refractivity contribution in [3.8, 4) is 0 Å². The van der Waals surface area contributed by atoms with Crippen molar-refractivity contribution >= 4 is 11.9 Å². The number of hydrogen-bond acceptors (Lipinski definition) is 3. The van der Waals surface area contributed by atoms with Crippen molar-refractivity contribution in [2.24, 2.45) is 0 Å². The van der Waals surface area contributed by atoms with Crippen molar-refractivity contribution in [3.05, 3.63) is 35.9 Å². The van der Waals surface area contributed by atoms with Gasteiger partial charge in [0, 0.05) is 5.56 Å². The number of rotatable bonds is 2. The average Bonchev–Trinajstić information content (AvgIpc) is 2.41. The number of hydrogen-bond donors (Lipinski definition) is 1. The molecule has 3 fully saturated rings. The molecule has 2 heterocycles. The van der Waals surface area contributed by atoms with Gasteiger partial charge < -0.3 is 10.1 Å². The minimum atomic E-state index is -0.790. The fourth-order valence-corrected chi connectivity index (χ4v) is 2.73. The van der Waals surface area contributed by atoms with Gasteiger partial charge in [0.15, 0.2) is 0 Å². The first-order valence-corrected chi connectivity index (χ1v) is 6.28. The van der Waals surface area contributed by atoms with Crippen LogP contribution in [0.15, 0.2) is 30.3 Å². The number of amides is 1. The highest BCUT2D eigenvalue weighted by atomic mass is 16.5. The molecule has 4 rings (SSSR count). The van der Waals surface area contributed by atoms with E-state index >= 15 is 0 Å². The Kier molecular flexibility index (Phi) is 2.58. The Labute approximate surface area is 105 Å². The van der Waals surface area contributed by atoms with Gasteiger partial charge >= 0.3 is 5.97 Å². The topological polar surface area (TPSA) is 55.4 Å². The highest BCUT2D eigenvalue weighted by molar-refractivity contribution is 5.98. The van der Waals surface area contributed by atoms with Gasteiger partial charge in [-0.3, -0.25) is 4.79 Å². The molecule has 4 heteroatoms. The Morgan fingerprint density at radius 3 is 2.50 bits per heavy atom.